The summed E-state index contributed by atoms with van der Waals surface area (Å²) in [5, 5.41) is 3.36. The van der Waals surface area contributed by atoms with Gasteiger partial charge in [0, 0.05) is 12.6 Å². The minimum atomic E-state index is -0.654. The number of hydrogen-bond acceptors (Lipinski definition) is 3. The van der Waals surface area contributed by atoms with Crippen LogP contribution in [-0.4, -0.2) is 30.7 Å². The van der Waals surface area contributed by atoms with Crippen LogP contribution < -0.4 is 11.1 Å². The average molecular weight is 270 g/mol. The summed E-state index contributed by atoms with van der Waals surface area (Å²) >= 11 is 0. The first kappa shape index (κ1) is 16.4. The monoisotopic (exact) mass is 270 g/mol. The minimum absolute atomic E-state index is 0.233. The van der Waals surface area contributed by atoms with E-state index in [4.69, 9.17) is 10.5 Å². The summed E-state index contributed by atoms with van der Waals surface area (Å²) in [6, 6.07) is 0.233. The number of nitrogens with two attached hydrogens (primary N) is 1. The molecule has 0 bridgehead atoms. The first-order chi connectivity index (χ1) is 9.03. The van der Waals surface area contributed by atoms with E-state index in [-0.39, 0.29) is 11.9 Å². The highest BCUT2D eigenvalue weighted by Crippen LogP contribution is 2.40. The van der Waals surface area contributed by atoms with E-state index in [1.54, 1.807) is 0 Å². The highest BCUT2D eigenvalue weighted by atomic mass is 16.5. The van der Waals surface area contributed by atoms with Crippen molar-refractivity contribution in [1.82, 2.24) is 5.32 Å². The molecule has 4 heteroatoms. The van der Waals surface area contributed by atoms with Crippen LogP contribution in [0, 0.1) is 5.92 Å². The number of carbonyl (C=O) groups excluding carboxylic acids is 1. The van der Waals surface area contributed by atoms with E-state index >= 15 is 0 Å². The molecule has 19 heavy (non-hydrogen) atoms. The first-order valence-corrected chi connectivity index (χ1v) is 7.68. The van der Waals surface area contributed by atoms with Gasteiger partial charge in [-0.05, 0) is 39.0 Å². The number of primary amides is 1. The maximum atomic E-state index is 11.9. The molecule has 0 aromatic carbocycles. The second-order valence-electron chi connectivity index (χ2n) is 6.02. The molecule has 0 aliphatic heterocycles. The molecule has 1 rings (SSSR count). The van der Waals surface area contributed by atoms with Crippen molar-refractivity contribution in [3.8, 4) is 0 Å². The summed E-state index contributed by atoms with van der Waals surface area (Å²) in [7, 11) is 0. The maximum Gasteiger partial charge on any atom is 0.240 e. The lowest BCUT2D eigenvalue weighted by molar-refractivity contribution is -0.128. The Labute approximate surface area is 117 Å². The van der Waals surface area contributed by atoms with Crippen molar-refractivity contribution in [2.45, 2.75) is 70.9 Å². The predicted molar refractivity (Wildman–Crippen MR) is 77.9 cm³/mol. The number of rotatable bonds is 11. The number of amides is 1. The fourth-order valence-electron chi connectivity index (χ4n) is 2.58. The zero-order valence-electron chi connectivity index (χ0n) is 12.7. The zero-order valence-corrected chi connectivity index (χ0v) is 12.7. The van der Waals surface area contributed by atoms with E-state index in [1.807, 2.05) is 13.8 Å². The van der Waals surface area contributed by atoms with Gasteiger partial charge in [-0.1, -0.05) is 26.2 Å². The second kappa shape index (κ2) is 7.85. The highest BCUT2D eigenvalue weighted by molar-refractivity contribution is 5.85. The summed E-state index contributed by atoms with van der Waals surface area (Å²) in [6.45, 7) is 7.42. The normalized spacial score (nSPS) is 18.5. The molecule has 1 saturated carbocycles. The third kappa shape index (κ3) is 5.11. The molecule has 1 unspecified atom stereocenters. The Morgan fingerprint density at radius 3 is 2.53 bits per heavy atom. The van der Waals surface area contributed by atoms with Crippen molar-refractivity contribution >= 4 is 5.91 Å². The van der Waals surface area contributed by atoms with Crippen LogP contribution in [0.3, 0.4) is 0 Å². The molecule has 1 amide bonds. The molecule has 0 aromatic rings. The Morgan fingerprint density at radius 2 is 2.05 bits per heavy atom. The molecule has 3 N–H and O–H groups in total. The van der Waals surface area contributed by atoms with E-state index in [2.05, 4.69) is 12.2 Å². The smallest absolute Gasteiger partial charge is 0.240 e. The van der Waals surface area contributed by atoms with Gasteiger partial charge >= 0.3 is 0 Å². The van der Waals surface area contributed by atoms with Crippen molar-refractivity contribution in [3.63, 3.8) is 0 Å². The topological polar surface area (TPSA) is 64.3 Å². The molecule has 112 valence electrons. The third-order valence-electron chi connectivity index (χ3n) is 3.73. The lowest BCUT2D eigenvalue weighted by Gasteiger charge is -2.33. The standard InChI is InChI=1S/C15H30N2O2/c1-4-5-6-7-10-19-11-15(14(16)18,13-8-9-13)17-12(2)3/h12-13,17H,4-11H2,1-3H3,(H2,16,18). The quantitative estimate of drug-likeness (QED) is 0.566. The van der Waals surface area contributed by atoms with Crippen LogP contribution in [0.2, 0.25) is 0 Å². The molecule has 0 radical (unpaired) electrons. The summed E-state index contributed by atoms with van der Waals surface area (Å²) in [6.07, 6.45) is 6.87. The summed E-state index contributed by atoms with van der Waals surface area (Å²) in [5.74, 6) is 0.0836. The number of nitrogens with one attached hydrogen (secondary N) is 1. The van der Waals surface area contributed by atoms with Crippen molar-refractivity contribution in [3.05, 3.63) is 0 Å². The van der Waals surface area contributed by atoms with Crippen molar-refractivity contribution in [1.29, 1.82) is 0 Å². The fraction of sp³-hybridized carbons (Fsp3) is 0.933. The van der Waals surface area contributed by atoms with Gasteiger partial charge in [-0.25, -0.2) is 0 Å². The molecule has 1 aliphatic rings. The Bertz CT molecular complexity index is 277. The maximum absolute atomic E-state index is 11.9. The molecule has 1 fully saturated rings. The average Bonchev–Trinajstić information content (AvgIpc) is 3.15. The van der Waals surface area contributed by atoms with Crippen LogP contribution in [0.25, 0.3) is 0 Å². The largest absolute Gasteiger partial charge is 0.379 e. The van der Waals surface area contributed by atoms with Gasteiger partial charge in [0.25, 0.3) is 0 Å². The Morgan fingerprint density at radius 1 is 1.37 bits per heavy atom. The Balaban J connectivity index is 2.43. The lowest BCUT2D eigenvalue weighted by Crippen LogP contribution is -2.62. The van der Waals surface area contributed by atoms with Crippen LogP contribution in [-0.2, 0) is 9.53 Å². The first-order valence-electron chi connectivity index (χ1n) is 7.68. The number of hydrogen-bond donors (Lipinski definition) is 2. The van der Waals surface area contributed by atoms with Gasteiger partial charge in [0.05, 0.1) is 6.61 Å². The highest BCUT2D eigenvalue weighted by Gasteiger charge is 2.50. The molecule has 1 atom stereocenters. The fourth-order valence-corrected chi connectivity index (χ4v) is 2.58. The molecule has 0 aromatic heterocycles. The molecule has 0 spiro atoms. The Kier molecular flexibility index (Phi) is 6.80. The summed E-state index contributed by atoms with van der Waals surface area (Å²) < 4.78 is 5.75. The van der Waals surface area contributed by atoms with Crippen molar-refractivity contribution in [2.75, 3.05) is 13.2 Å². The Hall–Kier alpha value is -0.610. The van der Waals surface area contributed by atoms with Crippen molar-refractivity contribution in [2.24, 2.45) is 11.7 Å². The van der Waals surface area contributed by atoms with Crippen LogP contribution in [0.5, 0.6) is 0 Å². The minimum Gasteiger partial charge on any atom is -0.379 e. The SMILES string of the molecule is CCCCCCOCC(NC(C)C)(C(N)=O)C1CC1. The van der Waals surface area contributed by atoms with E-state index < -0.39 is 5.54 Å². The van der Waals surface area contributed by atoms with Gasteiger partial charge in [-0.3, -0.25) is 10.1 Å². The zero-order chi connectivity index (χ0) is 14.3. The van der Waals surface area contributed by atoms with Gasteiger partial charge < -0.3 is 10.5 Å². The molecular weight excluding hydrogens is 240 g/mol. The number of unbranched alkanes of at least 4 members (excludes halogenated alkanes) is 3. The van der Waals surface area contributed by atoms with E-state index in [0.29, 0.717) is 12.5 Å². The molecule has 0 saturated heterocycles. The van der Waals surface area contributed by atoms with E-state index in [9.17, 15) is 4.79 Å². The van der Waals surface area contributed by atoms with E-state index in [1.165, 1.54) is 19.3 Å². The molecule has 1 aliphatic carbocycles. The second-order valence-corrected chi connectivity index (χ2v) is 6.02. The van der Waals surface area contributed by atoms with Gasteiger partial charge in [0.2, 0.25) is 5.91 Å². The molecule has 0 heterocycles. The van der Waals surface area contributed by atoms with Gasteiger partial charge in [-0.2, -0.15) is 0 Å². The van der Waals surface area contributed by atoms with Gasteiger partial charge in [-0.15, -0.1) is 0 Å². The van der Waals surface area contributed by atoms with Crippen molar-refractivity contribution < 1.29 is 9.53 Å². The van der Waals surface area contributed by atoms with E-state index in [0.717, 1.165) is 25.9 Å². The van der Waals surface area contributed by atoms with Gasteiger partial charge in [0.1, 0.15) is 5.54 Å². The molecule has 4 nitrogen and oxygen atoms in total. The third-order valence-corrected chi connectivity index (χ3v) is 3.73. The molecular formula is C15H30N2O2. The number of carbonyl (C=O) groups is 1. The van der Waals surface area contributed by atoms with Crippen LogP contribution in [0.1, 0.15) is 59.3 Å². The van der Waals surface area contributed by atoms with Crippen LogP contribution >= 0.6 is 0 Å². The summed E-state index contributed by atoms with van der Waals surface area (Å²) in [4.78, 5) is 11.9. The van der Waals surface area contributed by atoms with Crippen LogP contribution in [0.15, 0.2) is 0 Å². The number of ether oxygens (including phenoxy) is 1. The van der Waals surface area contributed by atoms with Gasteiger partial charge in [0.15, 0.2) is 0 Å². The summed E-state index contributed by atoms with van der Waals surface area (Å²) in [5.41, 5.74) is 4.99. The predicted octanol–water partition coefficient (Wildman–Crippen LogP) is 2.22. The lowest BCUT2D eigenvalue weighted by atomic mass is 9.92. The van der Waals surface area contributed by atoms with Crippen LogP contribution in [0.4, 0.5) is 0 Å².